The first-order valence-corrected chi connectivity index (χ1v) is 10.1. The highest BCUT2D eigenvalue weighted by molar-refractivity contribution is 9.10. The summed E-state index contributed by atoms with van der Waals surface area (Å²) in [6.45, 7) is 2.08. The van der Waals surface area contributed by atoms with Gasteiger partial charge in [-0.05, 0) is 60.4 Å². The van der Waals surface area contributed by atoms with Crippen molar-refractivity contribution < 1.29 is 0 Å². The van der Waals surface area contributed by atoms with Crippen LogP contribution in [0.2, 0.25) is 10.0 Å². The van der Waals surface area contributed by atoms with E-state index >= 15 is 0 Å². The SMILES string of the molecule is Cc1ccccc1[C@@H](CC(N=O)c1cc(Cl)ccc1Cl)c1ccc(Br)cc1. The van der Waals surface area contributed by atoms with E-state index in [4.69, 9.17) is 23.2 Å². The Hall–Kier alpha value is -1.68. The molecule has 138 valence electrons. The molecule has 0 saturated heterocycles. The van der Waals surface area contributed by atoms with Crippen LogP contribution in [0.15, 0.2) is 76.4 Å². The first kappa shape index (κ1) is 20.1. The van der Waals surface area contributed by atoms with Gasteiger partial charge >= 0.3 is 0 Å². The van der Waals surface area contributed by atoms with Crippen LogP contribution >= 0.6 is 39.1 Å². The quantitative estimate of drug-likeness (QED) is 0.340. The molecule has 0 fully saturated rings. The largest absolute Gasteiger partial charge is 0.150 e. The van der Waals surface area contributed by atoms with Crippen molar-refractivity contribution in [3.8, 4) is 0 Å². The zero-order valence-electron chi connectivity index (χ0n) is 14.7. The van der Waals surface area contributed by atoms with Gasteiger partial charge in [0.2, 0.25) is 0 Å². The van der Waals surface area contributed by atoms with E-state index in [1.165, 1.54) is 11.1 Å². The van der Waals surface area contributed by atoms with E-state index in [9.17, 15) is 4.91 Å². The maximum Gasteiger partial charge on any atom is 0.119 e. The zero-order chi connectivity index (χ0) is 19.4. The van der Waals surface area contributed by atoms with Crippen LogP contribution in [0.1, 0.15) is 40.6 Å². The lowest BCUT2D eigenvalue weighted by molar-refractivity contribution is 0.593. The molecule has 0 amide bonds. The van der Waals surface area contributed by atoms with E-state index in [1.54, 1.807) is 18.2 Å². The lowest BCUT2D eigenvalue weighted by Gasteiger charge is -2.23. The number of benzene rings is 3. The maximum absolute atomic E-state index is 11.7. The number of rotatable bonds is 6. The summed E-state index contributed by atoms with van der Waals surface area (Å²) in [6, 6.07) is 20.9. The van der Waals surface area contributed by atoms with Crippen LogP contribution < -0.4 is 0 Å². The second kappa shape index (κ2) is 9.01. The Kier molecular flexibility index (Phi) is 6.69. The highest BCUT2D eigenvalue weighted by atomic mass is 79.9. The maximum atomic E-state index is 11.7. The molecule has 0 N–H and O–H groups in total. The highest BCUT2D eigenvalue weighted by Crippen LogP contribution is 2.39. The summed E-state index contributed by atoms with van der Waals surface area (Å²) in [5, 5.41) is 4.44. The molecule has 0 saturated carbocycles. The van der Waals surface area contributed by atoms with Gasteiger partial charge in [-0.2, -0.15) is 4.91 Å². The van der Waals surface area contributed by atoms with Gasteiger partial charge in [0.15, 0.2) is 0 Å². The summed E-state index contributed by atoms with van der Waals surface area (Å²) >= 11 is 15.9. The second-order valence-corrected chi connectivity index (χ2v) is 8.24. The van der Waals surface area contributed by atoms with Crippen LogP contribution in [0, 0.1) is 11.8 Å². The van der Waals surface area contributed by atoms with Gasteiger partial charge in [-0.3, -0.25) is 0 Å². The molecule has 2 atom stereocenters. The molecule has 0 aliphatic heterocycles. The third kappa shape index (κ3) is 4.78. The Labute approximate surface area is 177 Å². The molecular weight excluding hydrogens is 445 g/mol. The summed E-state index contributed by atoms with van der Waals surface area (Å²) in [7, 11) is 0. The Morgan fingerprint density at radius 3 is 2.33 bits per heavy atom. The summed E-state index contributed by atoms with van der Waals surface area (Å²) in [4.78, 5) is 11.7. The van der Waals surface area contributed by atoms with Gasteiger partial charge in [0, 0.05) is 26.0 Å². The second-order valence-electron chi connectivity index (χ2n) is 6.48. The van der Waals surface area contributed by atoms with Crippen molar-refractivity contribution in [3.05, 3.63) is 108 Å². The van der Waals surface area contributed by atoms with Crippen molar-refractivity contribution in [2.24, 2.45) is 5.18 Å². The van der Waals surface area contributed by atoms with Crippen molar-refractivity contribution in [2.75, 3.05) is 0 Å². The van der Waals surface area contributed by atoms with Gasteiger partial charge in [-0.15, -0.1) is 0 Å². The molecule has 3 aromatic carbocycles. The van der Waals surface area contributed by atoms with Crippen LogP contribution in [0.25, 0.3) is 0 Å². The van der Waals surface area contributed by atoms with Gasteiger partial charge in [0.1, 0.15) is 6.04 Å². The fraction of sp³-hybridized carbons (Fsp3) is 0.182. The van der Waals surface area contributed by atoms with Crippen LogP contribution in [0.5, 0.6) is 0 Å². The monoisotopic (exact) mass is 461 g/mol. The molecule has 0 aromatic heterocycles. The average molecular weight is 463 g/mol. The fourth-order valence-corrected chi connectivity index (χ4v) is 4.02. The van der Waals surface area contributed by atoms with Crippen molar-refractivity contribution in [2.45, 2.75) is 25.3 Å². The first-order valence-electron chi connectivity index (χ1n) is 8.58. The fourth-order valence-electron chi connectivity index (χ4n) is 3.34. The molecule has 1 unspecified atom stereocenters. The van der Waals surface area contributed by atoms with Crippen molar-refractivity contribution >= 4 is 39.1 Å². The van der Waals surface area contributed by atoms with E-state index in [1.807, 2.05) is 24.3 Å². The molecule has 0 radical (unpaired) electrons. The number of nitrogens with zero attached hydrogens (tertiary/aromatic N) is 1. The van der Waals surface area contributed by atoms with Gasteiger partial charge < -0.3 is 0 Å². The molecule has 0 bridgehead atoms. The topological polar surface area (TPSA) is 29.4 Å². The van der Waals surface area contributed by atoms with Gasteiger partial charge in [-0.25, -0.2) is 0 Å². The minimum Gasteiger partial charge on any atom is -0.150 e. The van der Waals surface area contributed by atoms with E-state index in [2.05, 4.69) is 52.3 Å². The molecule has 3 rings (SSSR count). The lowest BCUT2D eigenvalue weighted by atomic mass is 9.82. The first-order chi connectivity index (χ1) is 13.0. The number of halogens is 3. The van der Waals surface area contributed by atoms with Crippen LogP contribution in [0.4, 0.5) is 0 Å². The predicted molar refractivity (Wildman–Crippen MR) is 117 cm³/mol. The number of hydrogen-bond donors (Lipinski definition) is 0. The van der Waals surface area contributed by atoms with Crippen LogP contribution in [0.3, 0.4) is 0 Å². The van der Waals surface area contributed by atoms with Gasteiger partial charge in [-0.1, -0.05) is 80.7 Å². The molecule has 0 aliphatic rings. The predicted octanol–water partition coefficient (Wildman–Crippen LogP) is 8.09. The summed E-state index contributed by atoms with van der Waals surface area (Å²) in [5.41, 5.74) is 4.13. The molecule has 5 heteroatoms. The minimum absolute atomic E-state index is 0.0112. The Morgan fingerprint density at radius 2 is 1.67 bits per heavy atom. The third-order valence-electron chi connectivity index (χ3n) is 4.74. The van der Waals surface area contributed by atoms with Crippen molar-refractivity contribution in [1.29, 1.82) is 0 Å². The molecule has 2 nitrogen and oxygen atoms in total. The van der Waals surface area contributed by atoms with Crippen molar-refractivity contribution in [1.82, 2.24) is 0 Å². The van der Waals surface area contributed by atoms with Gasteiger partial charge in [0.25, 0.3) is 0 Å². The Bertz CT molecular complexity index is 943. The number of nitroso groups, excluding NO2 is 1. The third-order valence-corrected chi connectivity index (χ3v) is 5.85. The Balaban J connectivity index is 2.04. The van der Waals surface area contributed by atoms with Crippen molar-refractivity contribution in [3.63, 3.8) is 0 Å². The van der Waals surface area contributed by atoms with Crippen LogP contribution in [-0.2, 0) is 0 Å². The average Bonchev–Trinajstić information content (AvgIpc) is 2.67. The smallest absolute Gasteiger partial charge is 0.119 e. The zero-order valence-corrected chi connectivity index (χ0v) is 17.8. The highest BCUT2D eigenvalue weighted by Gasteiger charge is 2.25. The van der Waals surface area contributed by atoms with Gasteiger partial charge in [0.05, 0.1) is 0 Å². The number of aryl methyl sites for hydroxylation is 1. The molecule has 0 spiro atoms. The lowest BCUT2D eigenvalue weighted by Crippen LogP contribution is -2.09. The summed E-state index contributed by atoms with van der Waals surface area (Å²) < 4.78 is 1.01. The molecule has 0 aliphatic carbocycles. The molecule has 27 heavy (non-hydrogen) atoms. The molecule has 0 heterocycles. The van der Waals surface area contributed by atoms with E-state index in [0.717, 1.165) is 10.0 Å². The summed E-state index contributed by atoms with van der Waals surface area (Å²) in [5.74, 6) is 0.0112. The molecule has 3 aromatic rings. The van der Waals surface area contributed by atoms with E-state index in [0.29, 0.717) is 22.0 Å². The molecular formula is C22H18BrCl2NO. The standard InChI is InChI=1S/C22H18BrCl2NO/c1-14-4-2-3-5-18(14)19(15-6-8-16(23)9-7-15)13-22(26-27)20-12-17(24)10-11-21(20)25/h2-12,19,22H,13H2,1H3/t19-,22?/m0/s1. The minimum atomic E-state index is -0.593. The summed E-state index contributed by atoms with van der Waals surface area (Å²) in [6.07, 6.45) is 0.510. The van der Waals surface area contributed by atoms with Crippen LogP contribution in [-0.4, -0.2) is 0 Å². The Morgan fingerprint density at radius 1 is 0.963 bits per heavy atom. The number of hydrogen-bond acceptors (Lipinski definition) is 2. The normalized spacial score (nSPS) is 13.2. The van der Waals surface area contributed by atoms with E-state index in [-0.39, 0.29) is 5.92 Å². The van der Waals surface area contributed by atoms with E-state index < -0.39 is 6.04 Å².